The molecule has 0 saturated heterocycles. The first-order chi connectivity index (χ1) is 6.26. The fraction of sp³-hybridized carbons (Fsp3) is 0.200. The molecule has 0 heterocycles. The SMILES string of the molecule is C=C(Nc1ccc(OC)cc1)OC. The average molecular weight is 179 g/mol. The van der Waals surface area contributed by atoms with E-state index in [1.165, 1.54) is 0 Å². The van der Waals surface area contributed by atoms with E-state index < -0.39 is 0 Å². The van der Waals surface area contributed by atoms with Gasteiger partial charge in [-0.25, -0.2) is 0 Å². The first kappa shape index (κ1) is 9.45. The molecule has 0 fully saturated rings. The maximum atomic E-state index is 5.02. The zero-order valence-corrected chi connectivity index (χ0v) is 7.83. The van der Waals surface area contributed by atoms with Crippen LogP contribution in [0.1, 0.15) is 0 Å². The van der Waals surface area contributed by atoms with Crippen molar-refractivity contribution < 1.29 is 9.47 Å². The summed E-state index contributed by atoms with van der Waals surface area (Å²) in [4.78, 5) is 0. The number of hydrogen-bond acceptors (Lipinski definition) is 3. The molecule has 0 aliphatic carbocycles. The van der Waals surface area contributed by atoms with Gasteiger partial charge in [-0.15, -0.1) is 0 Å². The maximum Gasteiger partial charge on any atom is 0.183 e. The van der Waals surface area contributed by atoms with Crippen LogP contribution in [0, 0.1) is 0 Å². The van der Waals surface area contributed by atoms with E-state index in [1.807, 2.05) is 24.3 Å². The molecule has 3 nitrogen and oxygen atoms in total. The van der Waals surface area contributed by atoms with Crippen molar-refractivity contribution in [2.45, 2.75) is 0 Å². The van der Waals surface area contributed by atoms with E-state index in [0.29, 0.717) is 5.88 Å². The van der Waals surface area contributed by atoms with E-state index in [2.05, 4.69) is 11.9 Å². The highest BCUT2D eigenvalue weighted by Crippen LogP contribution is 2.15. The van der Waals surface area contributed by atoms with E-state index in [9.17, 15) is 0 Å². The lowest BCUT2D eigenvalue weighted by molar-refractivity contribution is 0.299. The van der Waals surface area contributed by atoms with E-state index in [4.69, 9.17) is 9.47 Å². The third-order valence-electron chi connectivity index (χ3n) is 1.62. The molecule has 0 atom stereocenters. The standard InChI is InChI=1S/C10H13NO2/c1-8(12-2)11-9-4-6-10(13-3)7-5-9/h4-7,11H,1H2,2-3H3. The van der Waals surface area contributed by atoms with Crippen LogP contribution in [-0.4, -0.2) is 14.2 Å². The number of benzene rings is 1. The molecule has 1 N–H and O–H groups in total. The third kappa shape index (κ3) is 2.71. The van der Waals surface area contributed by atoms with Crippen LogP contribution in [0.2, 0.25) is 0 Å². The lowest BCUT2D eigenvalue weighted by atomic mass is 10.3. The van der Waals surface area contributed by atoms with Crippen LogP contribution in [0.4, 0.5) is 5.69 Å². The van der Waals surface area contributed by atoms with Crippen molar-refractivity contribution in [3.63, 3.8) is 0 Å². The Balaban J connectivity index is 2.64. The van der Waals surface area contributed by atoms with Crippen LogP contribution >= 0.6 is 0 Å². The number of nitrogens with one attached hydrogen (secondary N) is 1. The van der Waals surface area contributed by atoms with E-state index in [-0.39, 0.29) is 0 Å². The molecule has 0 radical (unpaired) electrons. The molecule has 70 valence electrons. The lowest BCUT2D eigenvalue weighted by Gasteiger charge is -2.07. The Hall–Kier alpha value is -1.64. The van der Waals surface area contributed by atoms with Gasteiger partial charge < -0.3 is 14.8 Å². The Labute approximate surface area is 78.0 Å². The van der Waals surface area contributed by atoms with Gasteiger partial charge >= 0.3 is 0 Å². The van der Waals surface area contributed by atoms with Crippen molar-refractivity contribution in [3.05, 3.63) is 36.7 Å². The number of rotatable bonds is 4. The monoisotopic (exact) mass is 179 g/mol. The minimum absolute atomic E-state index is 0.519. The van der Waals surface area contributed by atoms with Gasteiger partial charge in [0.05, 0.1) is 14.2 Å². The quantitative estimate of drug-likeness (QED) is 0.719. The van der Waals surface area contributed by atoms with E-state index in [1.54, 1.807) is 14.2 Å². The molecule has 0 saturated carbocycles. The summed E-state index contributed by atoms with van der Waals surface area (Å²) in [5.41, 5.74) is 0.924. The molecular formula is C10H13NO2. The van der Waals surface area contributed by atoms with E-state index in [0.717, 1.165) is 11.4 Å². The van der Waals surface area contributed by atoms with Crippen molar-refractivity contribution in [3.8, 4) is 5.75 Å². The third-order valence-corrected chi connectivity index (χ3v) is 1.62. The summed E-state index contributed by atoms with van der Waals surface area (Å²) in [5.74, 6) is 1.35. The summed E-state index contributed by atoms with van der Waals surface area (Å²) in [6, 6.07) is 7.52. The zero-order valence-electron chi connectivity index (χ0n) is 7.83. The summed E-state index contributed by atoms with van der Waals surface area (Å²) in [6.45, 7) is 3.65. The van der Waals surface area contributed by atoms with E-state index >= 15 is 0 Å². The highest BCUT2D eigenvalue weighted by molar-refractivity contribution is 5.49. The molecule has 0 aliphatic rings. The van der Waals surface area contributed by atoms with Crippen molar-refractivity contribution in [1.29, 1.82) is 0 Å². The minimum atomic E-state index is 0.519. The van der Waals surface area contributed by atoms with Gasteiger partial charge in [0.2, 0.25) is 0 Å². The molecule has 1 rings (SSSR count). The predicted molar refractivity (Wildman–Crippen MR) is 52.8 cm³/mol. The van der Waals surface area contributed by atoms with Gasteiger partial charge in [-0.05, 0) is 30.8 Å². The summed E-state index contributed by atoms with van der Waals surface area (Å²) >= 11 is 0. The highest BCUT2D eigenvalue weighted by atomic mass is 16.5. The number of methoxy groups -OCH3 is 2. The first-order valence-corrected chi connectivity index (χ1v) is 3.90. The van der Waals surface area contributed by atoms with Crippen LogP contribution in [0.15, 0.2) is 36.7 Å². The van der Waals surface area contributed by atoms with Crippen LogP contribution in [0.3, 0.4) is 0 Å². The highest BCUT2D eigenvalue weighted by Gasteiger charge is 1.94. The molecule has 1 aromatic carbocycles. The zero-order chi connectivity index (χ0) is 9.68. The topological polar surface area (TPSA) is 30.5 Å². The van der Waals surface area contributed by atoms with Crippen LogP contribution in [0.5, 0.6) is 5.75 Å². The molecule has 1 aromatic rings. The normalized spacial score (nSPS) is 9.08. The number of ether oxygens (including phenoxy) is 2. The summed E-state index contributed by atoms with van der Waals surface area (Å²) in [5, 5.41) is 2.97. The van der Waals surface area contributed by atoms with Crippen molar-refractivity contribution in [2.24, 2.45) is 0 Å². The van der Waals surface area contributed by atoms with Crippen LogP contribution in [0.25, 0.3) is 0 Å². The Bertz CT molecular complexity index is 279. The average Bonchev–Trinajstić information content (AvgIpc) is 2.19. The van der Waals surface area contributed by atoms with Crippen LogP contribution in [-0.2, 0) is 4.74 Å². The summed E-state index contributed by atoms with van der Waals surface area (Å²) < 4.78 is 9.89. The molecule has 0 unspecified atom stereocenters. The second-order valence-corrected chi connectivity index (χ2v) is 2.48. The van der Waals surface area contributed by atoms with Gasteiger partial charge in [0.1, 0.15) is 5.75 Å². The number of hydrogen-bond donors (Lipinski definition) is 1. The largest absolute Gasteiger partial charge is 0.497 e. The Kier molecular flexibility index (Phi) is 3.20. The molecule has 0 amide bonds. The van der Waals surface area contributed by atoms with Crippen molar-refractivity contribution in [2.75, 3.05) is 19.5 Å². The first-order valence-electron chi connectivity index (χ1n) is 3.90. The van der Waals surface area contributed by atoms with Gasteiger partial charge in [0, 0.05) is 5.69 Å². The van der Waals surface area contributed by atoms with Crippen LogP contribution < -0.4 is 10.1 Å². The smallest absolute Gasteiger partial charge is 0.183 e. The van der Waals surface area contributed by atoms with Crippen molar-refractivity contribution in [1.82, 2.24) is 0 Å². The fourth-order valence-electron chi connectivity index (χ4n) is 0.886. The lowest BCUT2D eigenvalue weighted by Crippen LogP contribution is -1.99. The molecule has 3 heteroatoms. The Morgan fingerprint density at radius 3 is 2.31 bits per heavy atom. The molecule has 0 bridgehead atoms. The number of anilines is 1. The maximum absolute atomic E-state index is 5.02. The molecule has 0 aliphatic heterocycles. The fourth-order valence-corrected chi connectivity index (χ4v) is 0.886. The predicted octanol–water partition coefficient (Wildman–Crippen LogP) is 2.22. The second-order valence-electron chi connectivity index (χ2n) is 2.48. The molecular weight excluding hydrogens is 166 g/mol. The van der Waals surface area contributed by atoms with Gasteiger partial charge in [0.15, 0.2) is 5.88 Å². The molecule has 0 aromatic heterocycles. The summed E-state index contributed by atoms with van der Waals surface area (Å²) in [7, 11) is 3.20. The summed E-state index contributed by atoms with van der Waals surface area (Å²) in [6.07, 6.45) is 0. The Morgan fingerprint density at radius 1 is 1.23 bits per heavy atom. The van der Waals surface area contributed by atoms with Gasteiger partial charge in [-0.2, -0.15) is 0 Å². The second kappa shape index (κ2) is 4.40. The Morgan fingerprint density at radius 2 is 1.85 bits per heavy atom. The van der Waals surface area contributed by atoms with Crippen molar-refractivity contribution >= 4 is 5.69 Å². The molecule has 13 heavy (non-hydrogen) atoms. The van der Waals surface area contributed by atoms with Gasteiger partial charge in [-0.3, -0.25) is 0 Å². The van der Waals surface area contributed by atoms with Gasteiger partial charge in [0.25, 0.3) is 0 Å². The van der Waals surface area contributed by atoms with Gasteiger partial charge in [-0.1, -0.05) is 0 Å². The minimum Gasteiger partial charge on any atom is -0.497 e. The molecule has 0 spiro atoms.